The molecule has 2 atom stereocenters. The number of ether oxygens (including phenoxy) is 1. The summed E-state index contributed by atoms with van der Waals surface area (Å²) in [5.41, 5.74) is -0.0420. The van der Waals surface area contributed by atoms with Gasteiger partial charge in [-0.25, -0.2) is 17.2 Å². The summed E-state index contributed by atoms with van der Waals surface area (Å²) in [5.74, 6) is -2.89. The van der Waals surface area contributed by atoms with E-state index in [1.165, 1.54) is 22.8 Å². The Morgan fingerprint density at radius 2 is 1.84 bits per heavy atom. The molecule has 1 amide bonds. The van der Waals surface area contributed by atoms with Crippen LogP contribution in [-0.2, 0) is 14.6 Å². The Hall–Kier alpha value is -2.75. The van der Waals surface area contributed by atoms with E-state index in [0.717, 1.165) is 12.1 Å². The molecule has 2 aliphatic rings. The van der Waals surface area contributed by atoms with E-state index in [-0.39, 0.29) is 41.5 Å². The number of sulfone groups is 1. The fourth-order valence-corrected chi connectivity index (χ4v) is 6.14. The van der Waals surface area contributed by atoms with Gasteiger partial charge in [0.2, 0.25) is 5.91 Å². The maximum atomic E-state index is 14.5. The van der Waals surface area contributed by atoms with Gasteiger partial charge in [-0.05, 0) is 25.0 Å². The van der Waals surface area contributed by atoms with E-state index >= 15 is 0 Å². The van der Waals surface area contributed by atoms with Crippen LogP contribution in [0.2, 0.25) is 0 Å². The summed E-state index contributed by atoms with van der Waals surface area (Å²) >= 11 is 0. The van der Waals surface area contributed by atoms with Crippen molar-refractivity contribution in [3.05, 3.63) is 57.5 Å². The molecule has 4 rings (SSSR count). The second kappa shape index (κ2) is 7.74. The van der Waals surface area contributed by atoms with Crippen molar-refractivity contribution in [2.75, 3.05) is 30.1 Å². The lowest BCUT2D eigenvalue weighted by Gasteiger charge is -2.22. The van der Waals surface area contributed by atoms with Gasteiger partial charge in [-0.1, -0.05) is 0 Å². The smallest absolute Gasteiger partial charge is 0.275 e. The van der Waals surface area contributed by atoms with Crippen LogP contribution in [-0.4, -0.2) is 44.1 Å². The third-order valence-electron chi connectivity index (χ3n) is 5.99. The molecule has 1 unspecified atom stereocenters. The summed E-state index contributed by atoms with van der Waals surface area (Å²) in [4.78, 5) is 27.2. The van der Waals surface area contributed by atoms with Crippen molar-refractivity contribution in [3.63, 3.8) is 0 Å². The number of aryl methyl sites for hydroxylation is 1. The van der Waals surface area contributed by atoms with Crippen LogP contribution in [0, 0.1) is 18.6 Å². The average Bonchev–Trinajstić information content (AvgIpc) is 3.23. The number of halogens is 2. The number of carbonyl (C=O) groups is 1. The minimum Gasteiger partial charge on any atom is -0.497 e. The summed E-state index contributed by atoms with van der Waals surface area (Å²) in [7, 11) is -1.91. The highest BCUT2D eigenvalue weighted by molar-refractivity contribution is 7.91. The second-order valence-electron chi connectivity index (χ2n) is 8.03. The molecule has 3 heterocycles. The first-order valence-electron chi connectivity index (χ1n) is 9.86. The van der Waals surface area contributed by atoms with Crippen LogP contribution >= 0.6 is 0 Å². The van der Waals surface area contributed by atoms with Crippen LogP contribution in [0.5, 0.6) is 5.75 Å². The highest BCUT2D eigenvalue weighted by Gasteiger charge is 2.38. The zero-order valence-corrected chi connectivity index (χ0v) is 17.9. The van der Waals surface area contributed by atoms with E-state index in [2.05, 4.69) is 0 Å². The predicted molar refractivity (Wildman–Crippen MR) is 110 cm³/mol. The van der Waals surface area contributed by atoms with E-state index in [4.69, 9.17) is 4.74 Å². The van der Waals surface area contributed by atoms with E-state index in [1.54, 1.807) is 13.0 Å². The van der Waals surface area contributed by atoms with Gasteiger partial charge in [-0.3, -0.25) is 9.59 Å². The summed E-state index contributed by atoms with van der Waals surface area (Å²) < 4.78 is 59.0. The van der Waals surface area contributed by atoms with Crippen LogP contribution < -0.4 is 15.2 Å². The van der Waals surface area contributed by atoms with Crippen LogP contribution in [0.4, 0.5) is 14.5 Å². The Morgan fingerprint density at radius 3 is 2.42 bits per heavy atom. The molecule has 31 heavy (non-hydrogen) atoms. The van der Waals surface area contributed by atoms with Gasteiger partial charge < -0.3 is 14.2 Å². The highest BCUT2D eigenvalue weighted by atomic mass is 32.2. The van der Waals surface area contributed by atoms with Crippen molar-refractivity contribution in [1.82, 2.24) is 4.57 Å². The normalized spacial score (nSPS) is 22.8. The van der Waals surface area contributed by atoms with Crippen molar-refractivity contribution in [3.8, 4) is 5.75 Å². The molecule has 2 aromatic rings. The molecular formula is C21H22F2N2O5S. The van der Waals surface area contributed by atoms with Crippen LogP contribution in [0.1, 0.15) is 35.9 Å². The lowest BCUT2D eigenvalue weighted by atomic mass is 9.97. The summed E-state index contributed by atoms with van der Waals surface area (Å²) in [6, 6.07) is 3.28. The molecule has 0 N–H and O–H groups in total. The fraction of sp³-hybridized carbons (Fsp3) is 0.429. The molecule has 7 nitrogen and oxygen atoms in total. The Morgan fingerprint density at radius 1 is 1.16 bits per heavy atom. The van der Waals surface area contributed by atoms with Crippen molar-refractivity contribution >= 4 is 21.4 Å². The Balaban J connectivity index is 1.69. The zero-order valence-electron chi connectivity index (χ0n) is 17.1. The number of nitrogens with zero attached hydrogens (tertiary/aromatic N) is 2. The van der Waals surface area contributed by atoms with Gasteiger partial charge in [0.15, 0.2) is 9.84 Å². The number of rotatable bonds is 4. The molecule has 1 aromatic carbocycles. The van der Waals surface area contributed by atoms with Gasteiger partial charge >= 0.3 is 0 Å². The first kappa shape index (κ1) is 21.5. The molecule has 0 spiro atoms. The van der Waals surface area contributed by atoms with Gasteiger partial charge in [-0.15, -0.1) is 0 Å². The first-order valence-corrected chi connectivity index (χ1v) is 11.7. The molecule has 2 saturated heterocycles. The standard InChI is InChI=1S/C21H22F2N2O5S/c1-12-3-5-24(14-4-6-31(28,29)11-14)21(27)20(12)25-10-13(7-18(25)26)19-16(22)8-15(30-2)9-17(19)23/h3,5,8-9,13-14H,4,6-7,10-11H2,1-2H3/t13-,14?/m0/s1. The topological polar surface area (TPSA) is 85.7 Å². The first-order chi connectivity index (χ1) is 14.6. The summed E-state index contributed by atoms with van der Waals surface area (Å²) in [5, 5.41) is 0. The average molecular weight is 452 g/mol. The molecule has 166 valence electrons. The summed E-state index contributed by atoms with van der Waals surface area (Å²) in [6.45, 7) is 1.61. The van der Waals surface area contributed by atoms with Crippen LogP contribution in [0.25, 0.3) is 0 Å². The molecule has 2 aliphatic heterocycles. The summed E-state index contributed by atoms with van der Waals surface area (Å²) in [6.07, 6.45) is 1.71. The minimum atomic E-state index is -3.21. The van der Waals surface area contributed by atoms with Gasteiger partial charge in [0.05, 0.1) is 24.7 Å². The van der Waals surface area contributed by atoms with Gasteiger partial charge in [-0.2, -0.15) is 0 Å². The molecule has 2 fully saturated rings. The number of anilines is 1. The fourth-order valence-electron chi connectivity index (χ4n) is 4.43. The number of amides is 1. The van der Waals surface area contributed by atoms with Crippen molar-refractivity contribution in [2.24, 2.45) is 0 Å². The van der Waals surface area contributed by atoms with E-state index in [1.807, 2.05) is 0 Å². The van der Waals surface area contributed by atoms with E-state index in [0.29, 0.717) is 12.0 Å². The molecule has 0 saturated carbocycles. The van der Waals surface area contributed by atoms with Crippen molar-refractivity contribution < 1.29 is 26.7 Å². The molecular weight excluding hydrogens is 430 g/mol. The quantitative estimate of drug-likeness (QED) is 0.711. The molecule has 0 aliphatic carbocycles. The minimum absolute atomic E-state index is 0.00799. The van der Waals surface area contributed by atoms with Crippen LogP contribution in [0.3, 0.4) is 0 Å². The number of methoxy groups -OCH3 is 1. The van der Waals surface area contributed by atoms with Crippen molar-refractivity contribution in [2.45, 2.75) is 31.7 Å². The Bertz CT molecular complexity index is 1200. The number of hydrogen-bond acceptors (Lipinski definition) is 5. The lowest BCUT2D eigenvalue weighted by Crippen LogP contribution is -2.35. The van der Waals surface area contributed by atoms with Crippen molar-refractivity contribution in [1.29, 1.82) is 0 Å². The SMILES string of the molecule is COc1cc(F)c([C@H]2CC(=O)N(c3c(C)ccn(C4CCS(=O)(=O)C4)c3=O)C2)c(F)c1. The molecule has 0 bridgehead atoms. The maximum Gasteiger partial charge on any atom is 0.275 e. The number of carbonyl (C=O) groups excluding carboxylic acids is 1. The van der Waals surface area contributed by atoms with E-state index in [9.17, 15) is 26.8 Å². The van der Waals surface area contributed by atoms with Gasteiger partial charge in [0.1, 0.15) is 23.1 Å². The Labute approximate surface area is 178 Å². The number of aromatic nitrogens is 1. The number of hydrogen-bond donors (Lipinski definition) is 0. The predicted octanol–water partition coefficient (Wildman–Crippen LogP) is 2.32. The van der Waals surface area contributed by atoms with Gasteiger partial charge in [0, 0.05) is 42.8 Å². The zero-order chi connectivity index (χ0) is 22.5. The monoisotopic (exact) mass is 452 g/mol. The Kier molecular flexibility index (Phi) is 5.36. The van der Waals surface area contributed by atoms with Gasteiger partial charge in [0.25, 0.3) is 5.56 Å². The molecule has 0 radical (unpaired) electrons. The number of benzene rings is 1. The van der Waals surface area contributed by atoms with E-state index < -0.39 is 44.9 Å². The highest BCUT2D eigenvalue weighted by Crippen LogP contribution is 2.36. The van der Waals surface area contributed by atoms with Crippen LogP contribution in [0.15, 0.2) is 29.2 Å². The maximum absolute atomic E-state index is 14.5. The lowest BCUT2D eigenvalue weighted by molar-refractivity contribution is -0.117. The third-order valence-corrected chi connectivity index (χ3v) is 7.74. The molecule has 1 aromatic heterocycles. The number of pyridine rings is 1. The largest absolute Gasteiger partial charge is 0.497 e. The second-order valence-corrected chi connectivity index (χ2v) is 10.3. The molecule has 10 heteroatoms. The third kappa shape index (κ3) is 3.84.